The molecular formula is C21H12N4O7. The molecule has 2 heterocycles. The molecule has 0 radical (unpaired) electrons. The predicted octanol–water partition coefficient (Wildman–Crippen LogP) is 3.70. The molecule has 1 aliphatic rings. The number of rotatable bonds is 4. The van der Waals surface area contributed by atoms with E-state index in [2.05, 4.69) is 10.3 Å². The molecule has 0 aliphatic carbocycles. The Labute approximate surface area is 177 Å². The Bertz CT molecular complexity index is 1500. The number of methoxy groups -OCH3 is 1. The highest BCUT2D eigenvalue weighted by Gasteiger charge is 2.34. The Morgan fingerprint density at radius 2 is 1.50 bits per heavy atom. The van der Waals surface area contributed by atoms with Gasteiger partial charge < -0.3 is 9.72 Å². The number of hydrogen-bond acceptors (Lipinski definition) is 7. The molecular weight excluding hydrogens is 420 g/mol. The van der Waals surface area contributed by atoms with Crippen molar-refractivity contribution in [3.05, 3.63) is 73.8 Å². The van der Waals surface area contributed by atoms with Gasteiger partial charge in [0.15, 0.2) is 0 Å². The molecule has 4 aromatic rings. The van der Waals surface area contributed by atoms with Gasteiger partial charge in [-0.3, -0.25) is 35.1 Å². The van der Waals surface area contributed by atoms with E-state index in [0.29, 0.717) is 27.6 Å². The summed E-state index contributed by atoms with van der Waals surface area (Å²) in [7, 11) is 1.50. The summed E-state index contributed by atoms with van der Waals surface area (Å²) in [6.07, 6.45) is 0. The third-order valence-corrected chi connectivity index (χ3v) is 5.41. The van der Waals surface area contributed by atoms with E-state index in [1.165, 1.54) is 7.11 Å². The Hall–Kier alpha value is -4.80. The number of carbonyl (C=O) groups excluding carboxylic acids is 2. The molecule has 32 heavy (non-hydrogen) atoms. The van der Waals surface area contributed by atoms with E-state index in [-0.39, 0.29) is 22.3 Å². The van der Waals surface area contributed by atoms with Crippen LogP contribution in [-0.4, -0.2) is 33.8 Å². The lowest BCUT2D eigenvalue weighted by Crippen LogP contribution is -2.20. The number of nitrogens with one attached hydrogen (secondary N) is 2. The number of carbonyl (C=O) groups is 2. The molecule has 0 spiro atoms. The van der Waals surface area contributed by atoms with Gasteiger partial charge in [-0.05, 0) is 35.4 Å². The Morgan fingerprint density at radius 3 is 2.12 bits per heavy atom. The van der Waals surface area contributed by atoms with Crippen molar-refractivity contribution in [3.63, 3.8) is 0 Å². The van der Waals surface area contributed by atoms with Gasteiger partial charge >= 0.3 is 0 Å². The van der Waals surface area contributed by atoms with Crippen molar-refractivity contribution in [2.45, 2.75) is 0 Å². The standard InChI is InChI=1S/C21H12N4O7/c1-32-12-2-3-15-14(7-12)17-16(22-15)8-13(18-19(17)21(27)23-20(18)26)9-4-10(24(28)29)6-11(5-9)25(30)31/h2-8,22H,1H3,(H,23,26,27). The molecule has 0 fully saturated rings. The van der Waals surface area contributed by atoms with E-state index < -0.39 is 33.0 Å². The summed E-state index contributed by atoms with van der Waals surface area (Å²) in [5, 5.41) is 26.1. The molecule has 0 atom stereocenters. The summed E-state index contributed by atoms with van der Waals surface area (Å²) >= 11 is 0. The fraction of sp³-hybridized carbons (Fsp3) is 0.0476. The third-order valence-electron chi connectivity index (χ3n) is 5.41. The van der Waals surface area contributed by atoms with Crippen LogP contribution in [0.15, 0.2) is 42.5 Å². The minimum atomic E-state index is -0.754. The molecule has 2 N–H and O–H groups in total. The molecule has 11 nitrogen and oxygen atoms in total. The second kappa shape index (κ2) is 6.60. The minimum Gasteiger partial charge on any atom is -0.497 e. The van der Waals surface area contributed by atoms with Gasteiger partial charge in [-0.25, -0.2) is 0 Å². The smallest absolute Gasteiger partial charge is 0.276 e. The first kappa shape index (κ1) is 19.2. The van der Waals surface area contributed by atoms with Crippen LogP contribution in [0.4, 0.5) is 11.4 Å². The molecule has 0 saturated carbocycles. The van der Waals surface area contributed by atoms with Gasteiger partial charge in [0.2, 0.25) is 0 Å². The number of benzene rings is 3. The molecule has 1 aromatic heterocycles. The van der Waals surface area contributed by atoms with Crippen molar-refractivity contribution in [1.82, 2.24) is 10.3 Å². The largest absolute Gasteiger partial charge is 0.497 e. The van der Waals surface area contributed by atoms with E-state index in [1.54, 1.807) is 24.3 Å². The Kier molecular flexibility index (Phi) is 3.96. The molecule has 0 bridgehead atoms. The number of ether oxygens (including phenoxy) is 1. The molecule has 2 amide bonds. The number of aromatic nitrogens is 1. The lowest BCUT2D eigenvalue weighted by atomic mass is 9.92. The van der Waals surface area contributed by atoms with Gasteiger partial charge in [-0.15, -0.1) is 0 Å². The van der Waals surface area contributed by atoms with Crippen molar-refractivity contribution >= 4 is 45.0 Å². The second-order valence-electron chi connectivity index (χ2n) is 7.17. The number of nitro benzene ring substituents is 2. The van der Waals surface area contributed by atoms with Crippen LogP contribution in [0.2, 0.25) is 0 Å². The summed E-state index contributed by atoms with van der Waals surface area (Å²) in [6.45, 7) is 0. The molecule has 0 unspecified atom stereocenters. The predicted molar refractivity (Wildman–Crippen MR) is 113 cm³/mol. The molecule has 11 heteroatoms. The SMILES string of the molecule is COc1ccc2[nH]c3cc(-c4cc([N+](=O)[O-])cc([N+](=O)[O-])c4)c4c(c3c2c1)C(=O)NC4=O. The zero-order valence-corrected chi connectivity index (χ0v) is 16.3. The number of non-ortho nitro benzene ring substituents is 2. The van der Waals surface area contributed by atoms with Crippen LogP contribution in [0.1, 0.15) is 20.7 Å². The number of aromatic amines is 1. The van der Waals surface area contributed by atoms with Crippen LogP contribution in [0.25, 0.3) is 32.9 Å². The summed E-state index contributed by atoms with van der Waals surface area (Å²) in [4.78, 5) is 49.7. The minimum absolute atomic E-state index is 0.000941. The van der Waals surface area contributed by atoms with Crippen LogP contribution in [-0.2, 0) is 0 Å². The summed E-state index contributed by atoms with van der Waals surface area (Å²) in [5.41, 5.74) is 0.491. The van der Waals surface area contributed by atoms with Gasteiger partial charge in [0.25, 0.3) is 23.2 Å². The van der Waals surface area contributed by atoms with Crippen LogP contribution in [0.5, 0.6) is 5.75 Å². The van der Waals surface area contributed by atoms with Gasteiger partial charge in [0.1, 0.15) is 5.75 Å². The molecule has 5 rings (SSSR count). The molecule has 1 aliphatic heterocycles. The van der Waals surface area contributed by atoms with Crippen LogP contribution >= 0.6 is 0 Å². The van der Waals surface area contributed by atoms with E-state index in [9.17, 15) is 29.8 Å². The maximum Gasteiger partial charge on any atom is 0.276 e. The highest BCUT2D eigenvalue weighted by atomic mass is 16.6. The van der Waals surface area contributed by atoms with Crippen molar-refractivity contribution in [1.29, 1.82) is 0 Å². The first-order valence-electron chi connectivity index (χ1n) is 9.25. The fourth-order valence-corrected chi connectivity index (χ4v) is 4.05. The molecule has 158 valence electrons. The number of H-pyrrole nitrogens is 1. The number of nitrogens with zero attached hydrogens (tertiary/aromatic N) is 2. The Balaban J connectivity index is 1.91. The zero-order valence-electron chi connectivity index (χ0n) is 16.3. The van der Waals surface area contributed by atoms with Gasteiger partial charge in [0, 0.05) is 33.9 Å². The Morgan fingerprint density at radius 1 is 0.844 bits per heavy atom. The van der Waals surface area contributed by atoms with E-state index >= 15 is 0 Å². The maximum absolute atomic E-state index is 12.7. The van der Waals surface area contributed by atoms with Crippen LogP contribution < -0.4 is 10.1 Å². The lowest BCUT2D eigenvalue weighted by molar-refractivity contribution is -0.394. The van der Waals surface area contributed by atoms with E-state index in [4.69, 9.17) is 4.74 Å². The van der Waals surface area contributed by atoms with Gasteiger partial charge in [0.05, 0.1) is 34.1 Å². The van der Waals surface area contributed by atoms with Crippen LogP contribution in [0.3, 0.4) is 0 Å². The number of fused-ring (bicyclic) bond motifs is 5. The normalized spacial score (nSPS) is 12.8. The maximum atomic E-state index is 12.7. The van der Waals surface area contributed by atoms with Gasteiger partial charge in [-0.1, -0.05) is 0 Å². The highest BCUT2D eigenvalue weighted by molar-refractivity contribution is 6.32. The van der Waals surface area contributed by atoms with Crippen molar-refractivity contribution in [3.8, 4) is 16.9 Å². The number of imide groups is 1. The first-order valence-corrected chi connectivity index (χ1v) is 9.25. The highest BCUT2D eigenvalue weighted by Crippen LogP contribution is 2.41. The quantitative estimate of drug-likeness (QED) is 0.283. The second-order valence-corrected chi connectivity index (χ2v) is 7.17. The number of amides is 2. The van der Waals surface area contributed by atoms with Crippen molar-refractivity contribution in [2.75, 3.05) is 7.11 Å². The first-order chi connectivity index (χ1) is 15.3. The molecule has 3 aromatic carbocycles. The number of hydrogen-bond donors (Lipinski definition) is 2. The zero-order chi connectivity index (χ0) is 22.7. The van der Waals surface area contributed by atoms with Gasteiger partial charge in [-0.2, -0.15) is 0 Å². The van der Waals surface area contributed by atoms with E-state index in [0.717, 1.165) is 18.2 Å². The summed E-state index contributed by atoms with van der Waals surface area (Å²) < 4.78 is 5.26. The molecule has 0 saturated heterocycles. The van der Waals surface area contributed by atoms with Crippen molar-refractivity contribution in [2.24, 2.45) is 0 Å². The van der Waals surface area contributed by atoms with Crippen LogP contribution in [0, 0.1) is 20.2 Å². The fourth-order valence-electron chi connectivity index (χ4n) is 4.05. The average molecular weight is 432 g/mol. The monoisotopic (exact) mass is 432 g/mol. The topological polar surface area (TPSA) is 157 Å². The average Bonchev–Trinajstić information content (AvgIpc) is 3.28. The van der Waals surface area contributed by atoms with E-state index in [1.807, 2.05) is 0 Å². The lowest BCUT2D eigenvalue weighted by Gasteiger charge is -2.08. The summed E-state index contributed by atoms with van der Waals surface area (Å²) in [5.74, 6) is -0.760. The third kappa shape index (κ3) is 2.68. The number of nitro groups is 2. The van der Waals surface area contributed by atoms with Crippen molar-refractivity contribution < 1.29 is 24.2 Å². The summed E-state index contributed by atoms with van der Waals surface area (Å²) in [6, 6.07) is 9.88.